The van der Waals surface area contributed by atoms with Crippen LogP contribution in [0.1, 0.15) is 26.2 Å². The molecule has 2 unspecified atom stereocenters. The van der Waals surface area contributed by atoms with Gasteiger partial charge in [-0.2, -0.15) is 0 Å². The lowest BCUT2D eigenvalue weighted by Crippen LogP contribution is -2.24. The Bertz CT molecular complexity index is 310. The average Bonchev–Trinajstić information content (AvgIpc) is 2.64. The molecule has 1 saturated carbocycles. The van der Waals surface area contributed by atoms with Gasteiger partial charge >= 0.3 is 0 Å². The first-order chi connectivity index (χ1) is 6.75. The molecule has 14 heavy (non-hydrogen) atoms. The summed E-state index contributed by atoms with van der Waals surface area (Å²) in [7, 11) is 0. The first-order valence-electron chi connectivity index (χ1n) is 4.83. The van der Waals surface area contributed by atoms with E-state index < -0.39 is 0 Å². The number of Topliss-reactive ketones (excluding diaryl/α,β-unsaturated/α-hetero) is 1. The molecule has 0 spiro atoms. The summed E-state index contributed by atoms with van der Waals surface area (Å²) in [6.45, 7) is 2.23. The third-order valence-corrected chi connectivity index (χ3v) is 4.99. The average molecular weight is 227 g/mol. The number of ketones is 1. The number of carbonyl (C=O) groups is 1. The van der Waals surface area contributed by atoms with Gasteiger partial charge in [0.05, 0.1) is 0 Å². The van der Waals surface area contributed by atoms with Gasteiger partial charge in [0.15, 0.2) is 0 Å². The Balaban J connectivity index is 1.99. The standard InChI is InChI=1S/C10H13NOS2/c1-7-2-3-8(12)6-9(7)14-10-11-4-5-13-10/h4-5,7,9H,2-3,6H2,1H3. The minimum atomic E-state index is 0.414. The van der Waals surface area contributed by atoms with Gasteiger partial charge < -0.3 is 0 Å². The van der Waals surface area contributed by atoms with Crippen LogP contribution in [0.15, 0.2) is 15.9 Å². The van der Waals surface area contributed by atoms with Crippen molar-refractivity contribution in [1.82, 2.24) is 4.98 Å². The topological polar surface area (TPSA) is 30.0 Å². The molecule has 0 radical (unpaired) electrons. The van der Waals surface area contributed by atoms with E-state index in [1.807, 2.05) is 11.6 Å². The lowest BCUT2D eigenvalue weighted by atomic mass is 9.89. The van der Waals surface area contributed by atoms with Gasteiger partial charge in [-0.3, -0.25) is 4.79 Å². The van der Waals surface area contributed by atoms with Gasteiger partial charge in [0.2, 0.25) is 0 Å². The Kier molecular flexibility index (Phi) is 3.23. The number of hydrogen-bond acceptors (Lipinski definition) is 4. The molecule has 2 rings (SSSR count). The number of carbonyl (C=O) groups excluding carboxylic acids is 1. The molecule has 76 valence electrons. The second-order valence-electron chi connectivity index (χ2n) is 3.71. The van der Waals surface area contributed by atoms with E-state index in [1.54, 1.807) is 23.1 Å². The van der Waals surface area contributed by atoms with Gasteiger partial charge in [-0.1, -0.05) is 18.7 Å². The summed E-state index contributed by atoms with van der Waals surface area (Å²) >= 11 is 3.43. The maximum absolute atomic E-state index is 11.3. The Hall–Kier alpha value is -0.350. The molecule has 1 aliphatic rings. The molecule has 1 heterocycles. The maximum atomic E-state index is 11.3. The van der Waals surface area contributed by atoms with Crippen LogP contribution in [0.5, 0.6) is 0 Å². The van der Waals surface area contributed by atoms with Gasteiger partial charge in [-0.05, 0) is 12.3 Å². The van der Waals surface area contributed by atoms with Crippen molar-refractivity contribution in [1.29, 1.82) is 0 Å². The van der Waals surface area contributed by atoms with Crippen molar-refractivity contribution in [2.75, 3.05) is 0 Å². The van der Waals surface area contributed by atoms with E-state index in [0.717, 1.165) is 23.6 Å². The van der Waals surface area contributed by atoms with Gasteiger partial charge in [-0.25, -0.2) is 4.98 Å². The quantitative estimate of drug-likeness (QED) is 0.778. The van der Waals surface area contributed by atoms with Gasteiger partial charge in [0.25, 0.3) is 0 Å². The van der Waals surface area contributed by atoms with Gasteiger partial charge in [0, 0.05) is 29.7 Å². The second kappa shape index (κ2) is 4.45. The monoisotopic (exact) mass is 227 g/mol. The van der Waals surface area contributed by atoms with E-state index in [2.05, 4.69) is 11.9 Å². The van der Waals surface area contributed by atoms with Crippen LogP contribution in [0, 0.1) is 5.92 Å². The molecule has 2 atom stereocenters. The van der Waals surface area contributed by atoms with Crippen LogP contribution in [-0.4, -0.2) is 16.0 Å². The Morgan fingerprint density at radius 3 is 3.21 bits per heavy atom. The first-order valence-corrected chi connectivity index (χ1v) is 6.59. The van der Waals surface area contributed by atoms with E-state index in [0.29, 0.717) is 17.0 Å². The normalized spacial score (nSPS) is 27.9. The molecule has 4 heteroatoms. The minimum Gasteiger partial charge on any atom is -0.300 e. The fraction of sp³-hybridized carbons (Fsp3) is 0.600. The Morgan fingerprint density at radius 2 is 2.50 bits per heavy atom. The molecule has 1 aromatic rings. The number of rotatable bonds is 2. The summed E-state index contributed by atoms with van der Waals surface area (Å²) in [4.78, 5) is 15.6. The van der Waals surface area contributed by atoms with E-state index in [1.165, 1.54) is 0 Å². The molecule has 0 N–H and O–H groups in total. The van der Waals surface area contributed by atoms with Crippen LogP contribution < -0.4 is 0 Å². The predicted molar refractivity (Wildman–Crippen MR) is 59.8 cm³/mol. The van der Waals surface area contributed by atoms with Crippen LogP contribution in [0.3, 0.4) is 0 Å². The highest BCUT2D eigenvalue weighted by molar-refractivity contribution is 8.01. The first kappa shape index (κ1) is 10.2. The highest BCUT2D eigenvalue weighted by Crippen LogP contribution is 2.36. The third kappa shape index (κ3) is 2.36. The predicted octanol–water partition coefficient (Wildman–Crippen LogP) is 2.99. The summed E-state index contributed by atoms with van der Waals surface area (Å²) in [6.07, 6.45) is 4.37. The van der Waals surface area contributed by atoms with E-state index in [-0.39, 0.29) is 0 Å². The van der Waals surface area contributed by atoms with Crippen LogP contribution in [-0.2, 0) is 4.79 Å². The van der Waals surface area contributed by atoms with Crippen molar-refractivity contribution >= 4 is 28.9 Å². The van der Waals surface area contributed by atoms with Gasteiger partial charge in [0.1, 0.15) is 10.1 Å². The van der Waals surface area contributed by atoms with Crippen molar-refractivity contribution in [3.8, 4) is 0 Å². The van der Waals surface area contributed by atoms with E-state index in [4.69, 9.17) is 0 Å². The SMILES string of the molecule is CC1CCC(=O)CC1Sc1nccs1. The largest absolute Gasteiger partial charge is 0.300 e. The fourth-order valence-corrected chi connectivity index (χ4v) is 3.80. The molecule has 0 aromatic carbocycles. The summed E-state index contributed by atoms with van der Waals surface area (Å²) in [5.74, 6) is 1.05. The van der Waals surface area contributed by atoms with E-state index in [9.17, 15) is 4.79 Å². The molecule has 1 aliphatic carbocycles. The molecular weight excluding hydrogens is 214 g/mol. The zero-order chi connectivity index (χ0) is 9.97. The van der Waals surface area contributed by atoms with Crippen LogP contribution in [0.2, 0.25) is 0 Å². The molecule has 0 bridgehead atoms. The molecule has 1 aromatic heterocycles. The molecule has 2 nitrogen and oxygen atoms in total. The highest BCUT2D eigenvalue weighted by atomic mass is 32.2. The summed E-state index contributed by atoms with van der Waals surface area (Å²) < 4.78 is 1.09. The number of aromatic nitrogens is 1. The number of nitrogens with zero attached hydrogens (tertiary/aromatic N) is 1. The Morgan fingerprint density at radius 1 is 1.64 bits per heavy atom. The molecule has 0 amide bonds. The lowest BCUT2D eigenvalue weighted by molar-refractivity contribution is -0.120. The smallest absolute Gasteiger partial charge is 0.150 e. The summed E-state index contributed by atoms with van der Waals surface area (Å²) in [6, 6.07) is 0. The van der Waals surface area contributed by atoms with E-state index >= 15 is 0 Å². The van der Waals surface area contributed by atoms with Crippen LogP contribution in [0.25, 0.3) is 0 Å². The van der Waals surface area contributed by atoms with Crippen LogP contribution >= 0.6 is 23.1 Å². The highest BCUT2D eigenvalue weighted by Gasteiger charge is 2.27. The zero-order valence-corrected chi connectivity index (χ0v) is 9.74. The maximum Gasteiger partial charge on any atom is 0.150 e. The number of hydrogen-bond donors (Lipinski definition) is 0. The van der Waals surface area contributed by atoms with Crippen molar-refractivity contribution in [2.45, 2.75) is 35.8 Å². The van der Waals surface area contributed by atoms with Crippen LogP contribution in [0.4, 0.5) is 0 Å². The molecular formula is C10H13NOS2. The summed E-state index contributed by atoms with van der Waals surface area (Å²) in [5, 5.41) is 2.43. The molecule has 0 saturated heterocycles. The lowest BCUT2D eigenvalue weighted by Gasteiger charge is -2.26. The minimum absolute atomic E-state index is 0.414. The van der Waals surface area contributed by atoms with Crippen molar-refractivity contribution < 1.29 is 4.79 Å². The number of thioether (sulfide) groups is 1. The Labute approximate surface area is 92.1 Å². The number of thiazole rings is 1. The van der Waals surface area contributed by atoms with Crippen molar-refractivity contribution in [3.63, 3.8) is 0 Å². The zero-order valence-electron chi connectivity index (χ0n) is 8.10. The third-order valence-electron chi connectivity index (χ3n) is 2.60. The summed E-state index contributed by atoms with van der Waals surface area (Å²) in [5.41, 5.74) is 0. The van der Waals surface area contributed by atoms with Crippen molar-refractivity contribution in [3.05, 3.63) is 11.6 Å². The fourth-order valence-electron chi connectivity index (χ4n) is 1.66. The second-order valence-corrected chi connectivity index (χ2v) is 6.09. The van der Waals surface area contributed by atoms with Gasteiger partial charge in [-0.15, -0.1) is 11.3 Å². The molecule has 0 aliphatic heterocycles. The molecule has 1 fully saturated rings. The van der Waals surface area contributed by atoms with Crippen molar-refractivity contribution in [2.24, 2.45) is 5.92 Å².